The van der Waals surface area contributed by atoms with Crippen LogP contribution in [0.4, 0.5) is 5.69 Å². The predicted octanol–water partition coefficient (Wildman–Crippen LogP) is 3.58. The molecule has 0 saturated carbocycles. The average molecular weight is 438 g/mol. The maximum Gasteiger partial charge on any atom is 0.287 e. The fourth-order valence-corrected chi connectivity index (χ4v) is 4.71. The van der Waals surface area contributed by atoms with Gasteiger partial charge < -0.3 is 15.1 Å². The summed E-state index contributed by atoms with van der Waals surface area (Å²) in [4.78, 5) is 39.8. The third kappa shape index (κ3) is 4.93. The minimum absolute atomic E-state index is 0.0182. The van der Waals surface area contributed by atoms with E-state index in [0.717, 1.165) is 31.6 Å². The number of fused-ring (bicyclic) bond motifs is 1. The van der Waals surface area contributed by atoms with Gasteiger partial charge in [0.25, 0.3) is 5.91 Å². The molecule has 32 heavy (non-hydrogen) atoms. The largest absolute Gasteiger partial charge is 0.455 e. The van der Waals surface area contributed by atoms with Crippen LogP contribution < -0.4 is 10.6 Å². The summed E-state index contributed by atoms with van der Waals surface area (Å²) in [7, 11) is 0. The van der Waals surface area contributed by atoms with Gasteiger partial charge in [-0.2, -0.15) is 0 Å². The summed E-state index contributed by atoms with van der Waals surface area (Å²) in [6.45, 7) is 7.67. The molecule has 2 aromatic rings. The first kappa shape index (κ1) is 22.3. The van der Waals surface area contributed by atoms with Gasteiger partial charge in [0, 0.05) is 43.2 Å². The van der Waals surface area contributed by atoms with Crippen LogP contribution in [-0.4, -0.2) is 48.2 Å². The van der Waals surface area contributed by atoms with Gasteiger partial charge in [-0.1, -0.05) is 32.0 Å². The maximum absolute atomic E-state index is 12.9. The van der Waals surface area contributed by atoms with Gasteiger partial charge in [0.2, 0.25) is 5.91 Å². The molecule has 170 valence electrons. The number of anilines is 1. The number of carbonyl (C=O) groups is 3. The van der Waals surface area contributed by atoms with Crippen LogP contribution >= 0.6 is 0 Å². The number of benzene rings is 1. The summed E-state index contributed by atoms with van der Waals surface area (Å²) >= 11 is 0. The second-order valence-electron chi connectivity index (χ2n) is 9.73. The number of para-hydroxylation sites is 1. The summed E-state index contributed by atoms with van der Waals surface area (Å²) in [6.07, 6.45) is 2.65. The van der Waals surface area contributed by atoms with Gasteiger partial charge in [0.05, 0.1) is 12.1 Å². The Balaban J connectivity index is 1.30. The topological polar surface area (TPSA) is 91.7 Å². The minimum Gasteiger partial charge on any atom is -0.455 e. The van der Waals surface area contributed by atoms with Crippen LogP contribution in [0.1, 0.15) is 65.3 Å². The Morgan fingerprint density at radius 3 is 2.50 bits per heavy atom. The second-order valence-corrected chi connectivity index (χ2v) is 9.73. The molecule has 1 saturated heterocycles. The minimum atomic E-state index is -0.261. The molecule has 0 spiro atoms. The quantitative estimate of drug-likeness (QED) is 0.746. The van der Waals surface area contributed by atoms with E-state index in [-0.39, 0.29) is 34.8 Å². The highest BCUT2D eigenvalue weighted by atomic mass is 16.4. The monoisotopic (exact) mass is 437 g/mol. The van der Waals surface area contributed by atoms with Crippen LogP contribution in [0.25, 0.3) is 0 Å². The zero-order valence-corrected chi connectivity index (χ0v) is 19.0. The predicted molar refractivity (Wildman–Crippen MR) is 122 cm³/mol. The zero-order chi connectivity index (χ0) is 22.9. The summed E-state index contributed by atoms with van der Waals surface area (Å²) in [5, 5.41) is 5.97. The Kier molecular flexibility index (Phi) is 6.20. The van der Waals surface area contributed by atoms with Crippen molar-refractivity contribution >= 4 is 23.3 Å². The van der Waals surface area contributed by atoms with Crippen LogP contribution in [0, 0.1) is 12.3 Å². The molecule has 2 amide bonds. The number of hydrogen-bond donors (Lipinski definition) is 2. The summed E-state index contributed by atoms with van der Waals surface area (Å²) in [6, 6.07) is 9.43. The first-order valence-corrected chi connectivity index (χ1v) is 11.3. The number of furan rings is 1. The number of likely N-dealkylation sites (tertiary alicyclic amines) is 1. The van der Waals surface area contributed by atoms with E-state index in [4.69, 9.17) is 4.42 Å². The second kappa shape index (κ2) is 8.90. The Labute approximate surface area is 188 Å². The van der Waals surface area contributed by atoms with Gasteiger partial charge in [-0.3, -0.25) is 19.3 Å². The Bertz CT molecular complexity index is 1020. The van der Waals surface area contributed by atoms with Gasteiger partial charge in [-0.05, 0) is 37.3 Å². The Morgan fingerprint density at radius 1 is 1.12 bits per heavy atom. The summed E-state index contributed by atoms with van der Waals surface area (Å²) in [5.74, 6) is 0.642. The van der Waals surface area contributed by atoms with Gasteiger partial charge in [-0.15, -0.1) is 0 Å². The van der Waals surface area contributed by atoms with Crippen molar-refractivity contribution in [1.82, 2.24) is 10.2 Å². The van der Waals surface area contributed by atoms with Crippen molar-refractivity contribution in [3.05, 3.63) is 53.0 Å². The zero-order valence-electron chi connectivity index (χ0n) is 19.0. The number of amides is 2. The van der Waals surface area contributed by atoms with Gasteiger partial charge in [0.1, 0.15) is 5.76 Å². The normalized spacial score (nSPS) is 18.8. The van der Waals surface area contributed by atoms with E-state index in [1.54, 1.807) is 6.92 Å². The number of Topliss-reactive ketones (excluding diaryl/α,β-unsaturated/α-hetero) is 1. The number of hydrogen-bond acceptors (Lipinski definition) is 5. The molecule has 0 radical (unpaired) electrons. The molecule has 2 heterocycles. The molecule has 4 rings (SSSR count). The van der Waals surface area contributed by atoms with Crippen molar-refractivity contribution in [2.24, 2.45) is 5.41 Å². The van der Waals surface area contributed by atoms with Gasteiger partial charge in [-0.25, -0.2) is 0 Å². The Morgan fingerprint density at radius 2 is 1.81 bits per heavy atom. The highest BCUT2D eigenvalue weighted by Crippen LogP contribution is 2.38. The number of nitrogens with zero attached hydrogens (tertiary/aromatic N) is 1. The lowest BCUT2D eigenvalue weighted by Gasteiger charge is -2.31. The van der Waals surface area contributed by atoms with Crippen LogP contribution in [-0.2, 0) is 11.2 Å². The lowest BCUT2D eigenvalue weighted by atomic mass is 9.76. The smallest absolute Gasteiger partial charge is 0.287 e. The average Bonchev–Trinajstić information content (AvgIpc) is 3.05. The number of carbonyl (C=O) groups excluding carboxylic acids is 3. The van der Waals surface area contributed by atoms with Crippen molar-refractivity contribution < 1.29 is 18.8 Å². The molecular weight excluding hydrogens is 406 g/mol. The molecule has 1 aromatic carbocycles. The Hall–Kier alpha value is -2.93. The van der Waals surface area contributed by atoms with E-state index in [2.05, 4.69) is 15.5 Å². The molecule has 2 N–H and O–H groups in total. The molecule has 1 aliphatic carbocycles. The van der Waals surface area contributed by atoms with Gasteiger partial charge >= 0.3 is 0 Å². The van der Waals surface area contributed by atoms with E-state index >= 15 is 0 Å². The molecule has 1 fully saturated rings. The van der Waals surface area contributed by atoms with E-state index in [9.17, 15) is 14.4 Å². The highest BCUT2D eigenvalue weighted by molar-refractivity contribution is 6.03. The molecule has 7 nitrogen and oxygen atoms in total. The fourth-order valence-electron chi connectivity index (χ4n) is 4.71. The lowest BCUT2D eigenvalue weighted by Crippen LogP contribution is -2.46. The SMILES string of the molecule is Cc1c(C(=O)NC2CCN(CC(=O)Nc3ccccc3)CC2)oc2c1C(=O)CC(C)(C)C2. The van der Waals surface area contributed by atoms with Gasteiger partial charge in [0.15, 0.2) is 11.5 Å². The first-order chi connectivity index (χ1) is 15.2. The van der Waals surface area contributed by atoms with Crippen molar-refractivity contribution in [1.29, 1.82) is 0 Å². The van der Waals surface area contributed by atoms with Crippen molar-refractivity contribution in [2.45, 2.75) is 52.5 Å². The lowest BCUT2D eigenvalue weighted by molar-refractivity contribution is -0.117. The fraction of sp³-hybridized carbons (Fsp3) is 0.480. The number of ketones is 1. The third-order valence-corrected chi connectivity index (χ3v) is 6.33. The highest BCUT2D eigenvalue weighted by Gasteiger charge is 2.37. The molecule has 1 aliphatic heterocycles. The molecule has 0 unspecified atom stereocenters. The number of piperidine rings is 1. The van der Waals surface area contributed by atoms with Crippen molar-refractivity contribution in [3.63, 3.8) is 0 Å². The van der Waals surface area contributed by atoms with Crippen molar-refractivity contribution in [3.8, 4) is 0 Å². The van der Waals surface area contributed by atoms with Crippen LogP contribution in [0.2, 0.25) is 0 Å². The molecule has 0 atom stereocenters. The third-order valence-electron chi connectivity index (χ3n) is 6.33. The van der Waals surface area contributed by atoms with E-state index < -0.39 is 0 Å². The van der Waals surface area contributed by atoms with E-state index in [0.29, 0.717) is 36.3 Å². The number of nitrogens with one attached hydrogen (secondary N) is 2. The van der Waals surface area contributed by atoms with Crippen LogP contribution in [0.5, 0.6) is 0 Å². The number of rotatable bonds is 5. The molecule has 2 aliphatic rings. The molecular formula is C25H31N3O4. The van der Waals surface area contributed by atoms with Crippen molar-refractivity contribution in [2.75, 3.05) is 25.0 Å². The molecule has 1 aromatic heterocycles. The molecule has 0 bridgehead atoms. The molecule has 7 heteroatoms. The van der Waals surface area contributed by atoms with Crippen LogP contribution in [0.15, 0.2) is 34.7 Å². The summed E-state index contributed by atoms with van der Waals surface area (Å²) in [5.41, 5.74) is 1.88. The van der Waals surface area contributed by atoms with E-state index in [1.165, 1.54) is 0 Å². The first-order valence-electron chi connectivity index (χ1n) is 11.3. The standard InChI is InChI=1S/C25H31N3O4/c1-16-22-19(29)13-25(2,3)14-20(22)32-23(16)24(31)27-18-9-11-28(12-10-18)15-21(30)26-17-7-5-4-6-8-17/h4-8,18H,9-15H2,1-3H3,(H,26,30)(H,27,31). The van der Waals surface area contributed by atoms with E-state index in [1.807, 2.05) is 44.2 Å². The van der Waals surface area contributed by atoms with Crippen LogP contribution in [0.3, 0.4) is 0 Å². The summed E-state index contributed by atoms with van der Waals surface area (Å²) < 4.78 is 5.88. The maximum atomic E-state index is 12.9.